The van der Waals surface area contributed by atoms with Crippen LogP contribution >= 0.6 is 0 Å². The minimum absolute atomic E-state index is 0.0629. The molecule has 3 rings (SSSR count). The predicted octanol–water partition coefficient (Wildman–Crippen LogP) is -0.0210. The van der Waals surface area contributed by atoms with Gasteiger partial charge in [-0.1, -0.05) is 6.92 Å². The van der Waals surface area contributed by atoms with Crippen LogP contribution in [-0.2, 0) is 10.0 Å². The fourth-order valence-electron chi connectivity index (χ4n) is 3.04. The van der Waals surface area contributed by atoms with E-state index < -0.39 is 21.3 Å². The Kier molecular flexibility index (Phi) is 4.57. The van der Waals surface area contributed by atoms with Crippen molar-refractivity contribution in [2.24, 2.45) is 0 Å². The molecule has 9 heteroatoms. The summed E-state index contributed by atoms with van der Waals surface area (Å²) in [5.74, 6) is 0. The van der Waals surface area contributed by atoms with Crippen molar-refractivity contribution in [3.05, 3.63) is 39.0 Å². The van der Waals surface area contributed by atoms with Crippen LogP contribution in [0, 0.1) is 0 Å². The second-order valence-electron chi connectivity index (χ2n) is 5.88. The maximum absolute atomic E-state index is 13.0. The number of benzene rings is 1. The van der Waals surface area contributed by atoms with E-state index in [4.69, 9.17) is 0 Å². The van der Waals surface area contributed by atoms with Gasteiger partial charge in [0.05, 0.1) is 15.8 Å². The molecule has 8 nitrogen and oxygen atoms in total. The first-order chi connectivity index (χ1) is 11.4. The number of hydrogen-bond acceptors (Lipinski definition) is 5. The Morgan fingerprint density at radius 1 is 1.25 bits per heavy atom. The first-order valence-corrected chi connectivity index (χ1v) is 9.36. The Morgan fingerprint density at radius 2 is 2.04 bits per heavy atom. The number of aromatic amines is 2. The lowest BCUT2D eigenvalue weighted by molar-refractivity contribution is 0.335. The van der Waals surface area contributed by atoms with E-state index in [1.54, 1.807) is 0 Å². The molecule has 0 bridgehead atoms. The maximum atomic E-state index is 13.0. The fraction of sp³-hybridized carbons (Fsp3) is 0.467. The molecular formula is C15H20N4O4S. The number of hydrogen-bond donors (Lipinski definition) is 3. The number of fused-ring (bicyclic) bond motifs is 1. The zero-order valence-corrected chi connectivity index (χ0v) is 14.1. The van der Waals surface area contributed by atoms with Gasteiger partial charge in [-0.15, -0.1) is 0 Å². The van der Waals surface area contributed by atoms with Crippen molar-refractivity contribution in [3.63, 3.8) is 0 Å². The minimum atomic E-state index is -3.72. The highest BCUT2D eigenvalue weighted by Crippen LogP contribution is 2.23. The topological polar surface area (TPSA) is 115 Å². The molecule has 24 heavy (non-hydrogen) atoms. The van der Waals surface area contributed by atoms with Crippen LogP contribution in [0.5, 0.6) is 0 Å². The molecule has 1 aliphatic rings. The molecule has 0 saturated carbocycles. The summed E-state index contributed by atoms with van der Waals surface area (Å²) in [5.41, 5.74) is -0.907. The van der Waals surface area contributed by atoms with Gasteiger partial charge < -0.3 is 10.3 Å². The first-order valence-electron chi connectivity index (χ1n) is 7.92. The van der Waals surface area contributed by atoms with Crippen molar-refractivity contribution < 1.29 is 8.42 Å². The average Bonchev–Trinajstić information content (AvgIpc) is 3.05. The third-order valence-electron chi connectivity index (χ3n) is 4.20. The molecule has 3 N–H and O–H groups in total. The van der Waals surface area contributed by atoms with Crippen LogP contribution in [0.25, 0.3) is 10.9 Å². The molecular weight excluding hydrogens is 332 g/mol. The lowest BCUT2D eigenvalue weighted by Crippen LogP contribution is -2.42. The number of sulfonamides is 1. The van der Waals surface area contributed by atoms with Gasteiger partial charge in [-0.2, -0.15) is 4.31 Å². The molecule has 0 aliphatic carbocycles. The van der Waals surface area contributed by atoms with Gasteiger partial charge in [0.1, 0.15) is 0 Å². The van der Waals surface area contributed by atoms with E-state index in [0.717, 1.165) is 13.0 Å². The van der Waals surface area contributed by atoms with E-state index in [9.17, 15) is 18.0 Å². The molecule has 1 saturated heterocycles. The maximum Gasteiger partial charge on any atom is 0.326 e. The van der Waals surface area contributed by atoms with Gasteiger partial charge in [-0.3, -0.25) is 9.78 Å². The number of nitrogens with one attached hydrogen (secondary N) is 3. The molecule has 0 radical (unpaired) electrons. The molecule has 1 fully saturated rings. The Balaban J connectivity index is 2.09. The normalized spacial score (nSPS) is 18.5. The van der Waals surface area contributed by atoms with Gasteiger partial charge in [0.2, 0.25) is 10.0 Å². The molecule has 1 aromatic carbocycles. The molecule has 0 amide bonds. The van der Waals surface area contributed by atoms with Gasteiger partial charge in [0.15, 0.2) is 0 Å². The largest absolute Gasteiger partial charge is 0.326 e. The highest BCUT2D eigenvalue weighted by atomic mass is 32.2. The highest BCUT2D eigenvalue weighted by molar-refractivity contribution is 7.89. The van der Waals surface area contributed by atoms with Crippen molar-refractivity contribution in [3.8, 4) is 0 Å². The molecule has 1 aliphatic heterocycles. The van der Waals surface area contributed by atoms with Crippen LogP contribution in [-0.4, -0.2) is 48.4 Å². The summed E-state index contributed by atoms with van der Waals surface area (Å²) in [6.07, 6.45) is 1.47. The van der Waals surface area contributed by atoms with Crippen molar-refractivity contribution in [1.82, 2.24) is 19.6 Å². The summed E-state index contributed by atoms with van der Waals surface area (Å²) in [6.45, 7) is 3.77. The molecule has 2 aromatic rings. The SMILES string of the molecule is CCCN(C1CCNC1)S(=O)(=O)c1ccc2[nH]c(=O)[nH]c(=O)c2c1. The molecule has 1 aromatic heterocycles. The third-order valence-corrected chi connectivity index (χ3v) is 6.15. The molecule has 1 unspecified atom stereocenters. The zero-order chi connectivity index (χ0) is 17.3. The average molecular weight is 352 g/mol. The van der Waals surface area contributed by atoms with Crippen molar-refractivity contribution in [2.45, 2.75) is 30.7 Å². The second-order valence-corrected chi connectivity index (χ2v) is 7.77. The Hall–Kier alpha value is -1.97. The lowest BCUT2D eigenvalue weighted by Gasteiger charge is -2.27. The summed E-state index contributed by atoms with van der Waals surface area (Å²) >= 11 is 0. The van der Waals surface area contributed by atoms with E-state index in [2.05, 4.69) is 15.3 Å². The molecule has 2 heterocycles. The fourth-order valence-corrected chi connectivity index (χ4v) is 4.82. The minimum Gasteiger partial charge on any atom is -0.315 e. The van der Waals surface area contributed by atoms with Gasteiger partial charge >= 0.3 is 5.69 Å². The first kappa shape index (κ1) is 16.9. The zero-order valence-electron chi connectivity index (χ0n) is 13.3. The van der Waals surface area contributed by atoms with Crippen LogP contribution in [0.1, 0.15) is 19.8 Å². The summed E-state index contributed by atoms with van der Waals surface area (Å²) < 4.78 is 27.6. The quantitative estimate of drug-likeness (QED) is 0.699. The Bertz CT molecular complexity index is 957. The number of aromatic nitrogens is 2. The molecule has 130 valence electrons. The second kappa shape index (κ2) is 6.50. The standard InChI is InChI=1S/C15H20N4O4S/c1-2-7-19(10-5-6-16-9-10)24(22,23)11-3-4-13-12(8-11)14(20)18-15(21)17-13/h3-4,8,10,16H,2,5-7,9H2,1H3,(H2,17,18,20,21). The lowest BCUT2D eigenvalue weighted by atomic mass is 10.2. The smallest absolute Gasteiger partial charge is 0.315 e. The van der Waals surface area contributed by atoms with Crippen LogP contribution in [0.2, 0.25) is 0 Å². The van der Waals surface area contributed by atoms with Gasteiger partial charge in [0, 0.05) is 19.1 Å². The van der Waals surface area contributed by atoms with Crippen LogP contribution in [0.15, 0.2) is 32.7 Å². The van der Waals surface area contributed by atoms with E-state index in [1.165, 1.54) is 22.5 Å². The predicted molar refractivity (Wildman–Crippen MR) is 90.6 cm³/mol. The van der Waals surface area contributed by atoms with E-state index in [-0.39, 0.29) is 16.3 Å². The van der Waals surface area contributed by atoms with Gasteiger partial charge in [-0.25, -0.2) is 13.2 Å². The number of nitrogens with zero attached hydrogens (tertiary/aromatic N) is 1. The van der Waals surface area contributed by atoms with E-state index in [0.29, 0.717) is 25.0 Å². The monoisotopic (exact) mass is 352 g/mol. The van der Waals surface area contributed by atoms with Crippen LogP contribution in [0.3, 0.4) is 0 Å². The van der Waals surface area contributed by atoms with E-state index in [1.807, 2.05) is 6.92 Å². The van der Waals surface area contributed by atoms with Gasteiger partial charge in [0.25, 0.3) is 5.56 Å². The summed E-state index contributed by atoms with van der Waals surface area (Å²) in [4.78, 5) is 27.9. The summed E-state index contributed by atoms with van der Waals surface area (Å²) in [6, 6.07) is 4.12. The third kappa shape index (κ3) is 3.02. The van der Waals surface area contributed by atoms with Gasteiger partial charge in [-0.05, 0) is 37.6 Å². The van der Waals surface area contributed by atoms with Crippen molar-refractivity contribution in [2.75, 3.05) is 19.6 Å². The van der Waals surface area contributed by atoms with Crippen molar-refractivity contribution in [1.29, 1.82) is 0 Å². The van der Waals surface area contributed by atoms with Crippen LogP contribution < -0.4 is 16.6 Å². The highest BCUT2D eigenvalue weighted by Gasteiger charge is 2.32. The summed E-state index contributed by atoms with van der Waals surface area (Å²) in [7, 11) is -3.72. The van der Waals surface area contributed by atoms with E-state index >= 15 is 0 Å². The van der Waals surface area contributed by atoms with Crippen molar-refractivity contribution >= 4 is 20.9 Å². The Morgan fingerprint density at radius 3 is 2.71 bits per heavy atom. The molecule has 1 atom stereocenters. The molecule has 0 spiro atoms. The van der Waals surface area contributed by atoms with Crippen LogP contribution in [0.4, 0.5) is 0 Å². The number of rotatable bonds is 5. The Labute approximate surface area is 138 Å². The summed E-state index contributed by atoms with van der Waals surface area (Å²) in [5, 5.41) is 3.33. The number of H-pyrrole nitrogens is 2.